The lowest BCUT2D eigenvalue weighted by Gasteiger charge is -2.08. The van der Waals surface area contributed by atoms with E-state index >= 15 is 0 Å². The van der Waals surface area contributed by atoms with Crippen molar-refractivity contribution in [3.63, 3.8) is 0 Å². The molecule has 0 spiro atoms. The van der Waals surface area contributed by atoms with Crippen molar-refractivity contribution in [2.24, 2.45) is 0 Å². The van der Waals surface area contributed by atoms with Crippen LogP contribution in [0.4, 0.5) is 5.69 Å². The predicted octanol–water partition coefficient (Wildman–Crippen LogP) is 2.19. The van der Waals surface area contributed by atoms with Gasteiger partial charge in [-0.05, 0) is 49.7 Å². The Labute approximate surface area is 123 Å². The number of aromatic nitrogens is 1. The molecule has 1 aromatic carbocycles. The first kappa shape index (κ1) is 14.8. The normalized spacial score (nSPS) is 10.2. The number of nitrogens with one attached hydrogen (secondary N) is 1. The van der Waals surface area contributed by atoms with E-state index < -0.39 is 0 Å². The fraction of sp³-hybridized carbons (Fsp3) is 0.250. The molecular weight excluding hydrogens is 268 g/mol. The van der Waals surface area contributed by atoms with Crippen molar-refractivity contribution >= 4 is 11.6 Å². The number of aryl methyl sites for hydroxylation is 1. The van der Waals surface area contributed by atoms with Gasteiger partial charge < -0.3 is 14.6 Å². The molecule has 5 nitrogen and oxygen atoms in total. The first-order valence-electron chi connectivity index (χ1n) is 6.78. The van der Waals surface area contributed by atoms with E-state index in [1.54, 1.807) is 36.5 Å². The quantitative estimate of drug-likeness (QED) is 0.916. The summed E-state index contributed by atoms with van der Waals surface area (Å²) < 4.78 is 6.70. The minimum atomic E-state index is -0.245. The Morgan fingerprint density at radius 1 is 1.24 bits per heavy atom. The van der Waals surface area contributed by atoms with Crippen LogP contribution in [0.3, 0.4) is 0 Å². The lowest BCUT2D eigenvalue weighted by atomic mass is 10.3. The van der Waals surface area contributed by atoms with Crippen LogP contribution in [0.25, 0.3) is 0 Å². The predicted molar refractivity (Wildman–Crippen MR) is 81.7 cm³/mol. The summed E-state index contributed by atoms with van der Waals surface area (Å²) in [6.07, 6.45) is 1.62. The zero-order chi connectivity index (χ0) is 15.2. The molecule has 1 aromatic heterocycles. The third-order valence-electron chi connectivity index (χ3n) is 2.91. The van der Waals surface area contributed by atoms with Crippen LogP contribution in [0.15, 0.2) is 47.4 Å². The zero-order valence-electron chi connectivity index (χ0n) is 12.1. The first-order valence-corrected chi connectivity index (χ1v) is 6.78. The maximum absolute atomic E-state index is 11.9. The summed E-state index contributed by atoms with van der Waals surface area (Å²) >= 11 is 0. The number of carbonyl (C=O) groups is 1. The van der Waals surface area contributed by atoms with E-state index in [1.165, 1.54) is 10.6 Å². The smallest absolute Gasteiger partial charge is 0.251 e. The van der Waals surface area contributed by atoms with Crippen LogP contribution in [-0.4, -0.2) is 17.1 Å². The minimum absolute atomic E-state index is 0.00761. The summed E-state index contributed by atoms with van der Waals surface area (Å²) in [5, 5.41) is 2.75. The van der Waals surface area contributed by atoms with Gasteiger partial charge in [-0.15, -0.1) is 0 Å². The van der Waals surface area contributed by atoms with Crippen LogP contribution < -0.4 is 15.6 Å². The van der Waals surface area contributed by atoms with Gasteiger partial charge in [-0.2, -0.15) is 0 Å². The molecule has 0 radical (unpaired) electrons. The Balaban J connectivity index is 1.99. The van der Waals surface area contributed by atoms with Gasteiger partial charge in [0, 0.05) is 18.0 Å². The van der Waals surface area contributed by atoms with Crippen molar-refractivity contribution in [2.45, 2.75) is 20.4 Å². The van der Waals surface area contributed by atoms with Gasteiger partial charge in [0.25, 0.3) is 5.56 Å². The number of carbonyl (C=O) groups excluding carboxylic acids is 1. The third kappa shape index (κ3) is 4.21. The average Bonchev–Trinajstić information content (AvgIpc) is 2.44. The number of amides is 1. The second-order valence-corrected chi connectivity index (χ2v) is 4.68. The highest BCUT2D eigenvalue weighted by atomic mass is 16.5. The van der Waals surface area contributed by atoms with Crippen molar-refractivity contribution < 1.29 is 9.53 Å². The van der Waals surface area contributed by atoms with Gasteiger partial charge in [0.05, 0.1) is 6.61 Å². The summed E-state index contributed by atoms with van der Waals surface area (Å²) in [5.74, 6) is 0.510. The summed E-state index contributed by atoms with van der Waals surface area (Å²) in [7, 11) is 0. The summed E-state index contributed by atoms with van der Waals surface area (Å²) in [6.45, 7) is 4.34. The number of hydrogen-bond donors (Lipinski definition) is 1. The van der Waals surface area contributed by atoms with Crippen LogP contribution in [0, 0.1) is 6.92 Å². The first-order chi connectivity index (χ1) is 10.1. The molecule has 5 heteroatoms. The number of benzene rings is 1. The van der Waals surface area contributed by atoms with Gasteiger partial charge in [-0.3, -0.25) is 9.59 Å². The Hall–Kier alpha value is -2.56. The lowest BCUT2D eigenvalue weighted by molar-refractivity contribution is -0.116. The van der Waals surface area contributed by atoms with Crippen LogP contribution in [-0.2, 0) is 11.3 Å². The topological polar surface area (TPSA) is 60.3 Å². The molecule has 0 bridgehead atoms. The van der Waals surface area contributed by atoms with Gasteiger partial charge in [0.1, 0.15) is 12.3 Å². The molecule has 0 aliphatic carbocycles. The van der Waals surface area contributed by atoms with Gasteiger partial charge >= 0.3 is 0 Å². The van der Waals surface area contributed by atoms with Crippen molar-refractivity contribution in [3.05, 3.63) is 58.5 Å². The van der Waals surface area contributed by atoms with E-state index in [2.05, 4.69) is 5.32 Å². The molecule has 0 fully saturated rings. The highest BCUT2D eigenvalue weighted by Gasteiger charge is 2.05. The summed E-state index contributed by atoms with van der Waals surface area (Å²) in [6, 6.07) is 10.4. The van der Waals surface area contributed by atoms with Crippen molar-refractivity contribution in [2.75, 3.05) is 11.9 Å². The Morgan fingerprint density at radius 3 is 2.57 bits per heavy atom. The molecule has 1 amide bonds. The van der Waals surface area contributed by atoms with E-state index in [4.69, 9.17) is 4.74 Å². The zero-order valence-corrected chi connectivity index (χ0v) is 12.1. The maximum atomic E-state index is 11.9. The van der Waals surface area contributed by atoms with E-state index in [0.29, 0.717) is 12.3 Å². The van der Waals surface area contributed by atoms with Crippen LogP contribution in [0.2, 0.25) is 0 Å². The van der Waals surface area contributed by atoms with Crippen LogP contribution >= 0.6 is 0 Å². The van der Waals surface area contributed by atoms with Crippen molar-refractivity contribution in [1.82, 2.24) is 4.57 Å². The molecule has 0 aliphatic heterocycles. The standard InChI is InChI=1S/C16H18N2O3/c1-3-21-14-6-4-13(5-7-14)17-15(19)11-18-9-8-12(2)10-16(18)20/h4-10H,3,11H2,1-2H3,(H,17,19). The van der Waals surface area contributed by atoms with Gasteiger partial charge in [0.2, 0.25) is 5.91 Å². The fourth-order valence-corrected chi connectivity index (χ4v) is 1.89. The Kier molecular flexibility index (Phi) is 4.77. The number of rotatable bonds is 5. The third-order valence-corrected chi connectivity index (χ3v) is 2.91. The molecule has 1 heterocycles. The molecule has 0 unspecified atom stereocenters. The van der Waals surface area contributed by atoms with Crippen molar-refractivity contribution in [1.29, 1.82) is 0 Å². The number of anilines is 1. The number of hydrogen-bond acceptors (Lipinski definition) is 3. The molecule has 0 saturated heterocycles. The molecule has 0 aliphatic rings. The molecule has 2 rings (SSSR count). The van der Waals surface area contributed by atoms with Gasteiger partial charge in [-0.1, -0.05) is 0 Å². The van der Waals surface area contributed by atoms with Gasteiger partial charge in [0.15, 0.2) is 0 Å². The molecule has 1 N–H and O–H groups in total. The fourth-order valence-electron chi connectivity index (χ4n) is 1.89. The van der Waals surface area contributed by atoms with Crippen LogP contribution in [0.1, 0.15) is 12.5 Å². The summed E-state index contributed by atoms with van der Waals surface area (Å²) in [4.78, 5) is 23.6. The van der Waals surface area contributed by atoms with E-state index in [9.17, 15) is 9.59 Å². The van der Waals surface area contributed by atoms with E-state index in [-0.39, 0.29) is 18.0 Å². The van der Waals surface area contributed by atoms with E-state index in [0.717, 1.165) is 11.3 Å². The average molecular weight is 286 g/mol. The molecule has 21 heavy (non-hydrogen) atoms. The SMILES string of the molecule is CCOc1ccc(NC(=O)Cn2ccc(C)cc2=O)cc1. The monoisotopic (exact) mass is 286 g/mol. The minimum Gasteiger partial charge on any atom is -0.494 e. The summed E-state index contributed by atoms with van der Waals surface area (Å²) in [5.41, 5.74) is 1.36. The molecule has 2 aromatic rings. The number of nitrogens with zero attached hydrogens (tertiary/aromatic N) is 1. The van der Waals surface area contributed by atoms with Crippen LogP contribution in [0.5, 0.6) is 5.75 Å². The van der Waals surface area contributed by atoms with Crippen molar-refractivity contribution in [3.8, 4) is 5.75 Å². The molecule has 110 valence electrons. The lowest BCUT2D eigenvalue weighted by Crippen LogP contribution is -2.26. The molecule has 0 saturated carbocycles. The highest BCUT2D eigenvalue weighted by molar-refractivity contribution is 5.90. The van der Waals surface area contributed by atoms with E-state index in [1.807, 2.05) is 13.8 Å². The largest absolute Gasteiger partial charge is 0.494 e. The Morgan fingerprint density at radius 2 is 1.95 bits per heavy atom. The second kappa shape index (κ2) is 6.74. The number of ether oxygens (including phenoxy) is 1. The molecule has 0 atom stereocenters. The van der Waals surface area contributed by atoms with Gasteiger partial charge in [-0.25, -0.2) is 0 Å². The highest BCUT2D eigenvalue weighted by Crippen LogP contribution is 2.15. The maximum Gasteiger partial charge on any atom is 0.251 e. The Bertz CT molecular complexity index is 675. The molecular formula is C16H18N2O3. The second-order valence-electron chi connectivity index (χ2n) is 4.68. The number of pyridine rings is 1.